The molecule has 0 spiro atoms. The van der Waals surface area contributed by atoms with Gasteiger partial charge in [0.15, 0.2) is 0 Å². The lowest BCUT2D eigenvalue weighted by Crippen LogP contribution is -2.46. The molecule has 4 rings (SSSR count). The van der Waals surface area contributed by atoms with Gasteiger partial charge in [-0.3, -0.25) is 4.79 Å². The highest BCUT2D eigenvalue weighted by Gasteiger charge is 2.28. The maximum Gasteiger partial charge on any atom is 0.329 e. The van der Waals surface area contributed by atoms with Crippen LogP contribution in [0.15, 0.2) is 119 Å². The second-order valence-electron chi connectivity index (χ2n) is 9.51. The summed E-state index contributed by atoms with van der Waals surface area (Å²) in [6.45, 7) is -0.268. The third-order valence-electron chi connectivity index (χ3n) is 6.40. The molecule has 0 radical (unpaired) electrons. The highest BCUT2D eigenvalue weighted by atomic mass is 79.9. The molecule has 4 aromatic rings. The van der Waals surface area contributed by atoms with Crippen LogP contribution < -0.4 is 14.8 Å². The number of carbonyl (C=O) groups is 2. The van der Waals surface area contributed by atoms with Gasteiger partial charge in [-0.05, 0) is 47.9 Å². The number of rotatable bonds is 13. The van der Waals surface area contributed by atoms with Gasteiger partial charge in [-0.15, -0.1) is 0 Å². The van der Waals surface area contributed by atoms with E-state index in [1.54, 1.807) is 42.5 Å². The molecule has 10 heteroatoms. The molecule has 8 nitrogen and oxygen atoms in total. The number of methoxy groups -OCH3 is 1. The van der Waals surface area contributed by atoms with E-state index in [0.717, 1.165) is 11.1 Å². The van der Waals surface area contributed by atoms with Gasteiger partial charge >= 0.3 is 5.97 Å². The average molecular weight is 652 g/mol. The van der Waals surface area contributed by atoms with Crippen LogP contribution in [0.3, 0.4) is 0 Å². The fourth-order valence-corrected chi connectivity index (χ4v) is 6.26. The number of carbonyl (C=O) groups excluding carboxylic acids is 2. The van der Waals surface area contributed by atoms with E-state index in [2.05, 4.69) is 26.0 Å². The summed E-state index contributed by atoms with van der Waals surface area (Å²) < 4.78 is 41.2. The Hall–Kier alpha value is -3.99. The lowest BCUT2D eigenvalue weighted by molar-refractivity contribution is -0.146. The Balaban J connectivity index is 1.55. The van der Waals surface area contributed by atoms with Gasteiger partial charge in [0.1, 0.15) is 23.3 Å². The Bertz CT molecular complexity index is 1590. The Morgan fingerprint density at radius 3 is 1.98 bits per heavy atom. The molecule has 0 saturated heterocycles. The van der Waals surface area contributed by atoms with Crippen molar-refractivity contribution in [2.75, 3.05) is 13.7 Å². The van der Waals surface area contributed by atoms with Crippen LogP contribution in [0.5, 0.6) is 5.75 Å². The van der Waals surface area contributed by atoms with E-state index in [4.69, 9.17) is 9.47 Å². The van der Waals surface area contributed by atoms with Gasteiger partial charge in [-0.1, -0.05) is 94.8 Å². The van der Waals surface area contributed by atoms with Crippen LogP contribution >= 0.6 is 15.9 Å². The van der Waals surface area contributed by atoms with Crippen LogP contribution in [-0.4, -0.2) is 46.1 Å². The predicted molar refractivity (Wildman–Crippen MR) is 164 cm³/mol. The first-order chi connectivity index (χ1) is 20.2. The zero-order valence-corrected chi connectivity index (χ0v) is 25.3. The van der Waals surface area contributed by atoms with E-state index in [1.165, 1.54) is 13.2 Å². The summed E-state index contributed by atoms with van der Waals surface area (Å²) in [6, 6.07) is 30.0. The fraction of sp³-hybridized carbons (Fsp3) is 0.188. The van der Waals surface area contributed by atoms with Gasteiger partial charge in [0.05, 0.1) is 13.2 Å². The van der Waals surface area contributed by atoms with E-state index in [1.807, 2.05) is 60.7 Å². The predicted octanol–water partition coefficient (Wildman–Crippen LogP) is 4.93. The number of ether oxygens (including phenoxy) is 2. The maximum atomic E-state index is 13.5. The molecule has 0 aliphatic rings. The molecule has 0 unspecified atom stereocenters. The van der Waals surface area contributed by atoms with Crippen LogP contribution in [0.2, 0.25) is 0 Å². The van der Waals surface area contributed by atoms with Gasteiger partial charge in [0, 0.05) is 16.5 Å². The minimum Gasteiger partial charge on any atom is -0.495 e. The van der Waals surface area contributed by atoms with Gasteiger partial charge < -0.3 is 14.8 Å². The van der Waals surface area contributed by atoms with Crippen molar-refractivity contribution >= 4 is 37.8 Å². The standard InChI is InChI=1S/C32H31BrN2O6S/c1-40-29-18-17-26(33)21-30(29)42(38,39)35-27(19-23-11-5-2-6-12-23)22-41-32(37)28(20-24-13-7-3-8-14-24)34-31(36)25-15-9-4-10-16-25/h2-18,21,27-28,35H,19-20,22H2,1H3,(H,34,36)/t27-,28-/m0/s1. The Labute approximate surface area is 254 Å². The van der Waals surface area contributed by atoms with Crippen molar-refractivity contribution in [2.24, 2.45) is 0 Å². The van der Waals surface area contributed by atoms with Gasteiger partial charge in [0.25, 0.3) is 5.91 Å². The second kappa shape index (κ2) is 14.8. The summed E-state index contributed by atoms with van der Waals surface area (Å²) >= 11 is 3.32. The number of hydrogen-bond acceptors (Lipinski definition) is 6. The number of hydrogen-bond donors (Lipinski definition) is 2. The largest absolute Gasteiger partial charge is 0.495 e. The van der Waals surface area contributed by atoms with Crippen molar-refractivity contribution < 1.29 is 27.5 Å². The van der Waals surface area contributed by atoms with E-state index < -0.39 is 34.0 Å². The first-order valence-electron chi connectivity index (χ1n) is 13.2. The van der Waals surface area contributed by atoms with E-state index >= 15 is 0 Å². The normalized spacial score (nSPS) is 12.6. The number of esters is 1. The van der Waals surface area contributed by atoms with Crippen molar-refractivity contribution in [3.05, 3.63) is 130 Å². The molecule has 0 heterocycles. The van der Waals surface area contributed by atoms with Gasteiger partial charge in [-0.25, -0.2) is 17.9 Å². The van der Waals surface area contributed by atoms with E-state index in [0.29, 0.717) is 10.0 Å². The molecule has 0 fully saturated rings. The molecule has 0 aliphatic carbocycles. The number of halogens is 1. The summed E-state index contributed by atoms with van der Waals surface area (Å²) in [5.74, 6) is -0.926. The number of sulfonamides is 1. The number of amides is 1. The quantitative estimate of drug-likeness (QED) is 0.199. The molecule has 42 heavy (non-hydrogen) atoms. The minimum atomic E-state index is -4.08. The SMILES string of the molecule is COc1ccc(Br)cc1S(=O)(=O)N[C@H](COC(=O)[C@H](Cc1ccccc1)NC(=O)c1ccccc1)Cc1ccccc1. The molecule has 1 amide bonds. The average Bonchev–Trinajstić information content (AvgIpc) is 3.00. The zero-order valence-electron chi connectivity index (χ0n) is 22.9. The lowest BCUT2D eigenvalue weighted by Gasteiger charge is -2.22. The van der Waals surface area contributed by atoms with Crippen molar-refractivity contribution in [3.63, 3.8) is 0 Å². The first kappa shape index (κ1) is 31.0. The van der Waals surface area contributed by atoms with Crippen LogP contribution in [0.4, 0.5) is 0 Å². The Morgan fingerprint density at radius 2 is 1.38 bits per heavy atom. The lowest BCUT2D eigenvalue weighted by atomic mass is 10.1. The molecule has 4 aromatic carbocycles. The summed E-state index contributed by atoms with van der Waals surface area (Å²) in [7, 11) is -2.69. The third-order valence-corrected chi connectivity index (χ3v) is 8.43. The molecule has 2 N–H and O–H groups in total. The highest BCUT2D eigenvalue weighted by Crippen LogP contribution is 2.27. The van der Waals surface area contributed by atoms with Crippen molar-refractivity contribution in [1.82, 2.24) is 10.0 Å². The molecule has 0 bridgehead atoms. The first-order valence-corrected chi connectivity index (χ1v) is 15.5. The van der Waals surface area contributed by atoms with Crippen molar-refractivity contribution in [2.45, 2.75) is 29.8 Å². The summed E-state index contributed by atoms with van der Waals surface area (Å²) in [5.41, 5.74) is 2.08. The van der Waals surface area contributed by atoms with E-state index in [9.17, 15) is 18.0 Å². The Kier molecular flexibility index (Phi) is 10.9. The molecule has 2 atom stereocenters. The topological polar surface area (TPSA) is 111 Å². The van der Waals surface area contributed by atoms with Crippen LogP contribution in [0.25, 0.3) is 0 Å². The number of benzene rings is 4. The molecule has 0 saturated carbocycles. The minimum absolute atomic E-state index is 0.0548. The smallest absolute Gasteiger partial charge is 0.329 e. The van der Waals surface area contributed by atoms with Crippen LogP contribution in [0.1, 0.15) is 21.5 Å². The van der Waals surface area contributed by atoms with Gasteiger partial charge in [-0.2, -0.15) is 0 Å². The third kappa shape index (κ3) is 8.75. The zero-order chi connectivity index (χ0) is 30.0. The molecular weight excluding hydrogens is 620 g/mol. The summed E-state index contributed by atoms with van der Waals surface area (Å²) in [6.07, 6.45) is 0.450. The van der Waals surface area contributed by atoms with Crippen molar-refractivity contribution in [3.8, 4) is 5.75 Å². The molecule has 0 aliphatic heterocycles. The van der Waals surface area contributed by atoms with E-state index in [-0.39, 0.29) is 30.1 Å². The van der Waals surface area contributed by atoms with Crippen LogP contribution in [0, 0.1) is 0 Å². The van der Waals surface area contributed by atoms with Crippen molar-refractivity contribution in [1.29, 1.82) is 0 Å². The fourth-order valence-electron chi connectivity index (χ4n) is 4.33. The molecular formula is C32H31BrN2O6S. The maximum absolute atomic E-state index is 13.5. The summed E-state index contributed by atoms with van der Waals surface area (Å²) in [5, 5.41) is 2.78. The van der Waals surface area contributed by atoms with Crippen LogP contribution in [-0.2, 0) is 32.4 Å². The Morgan fingerprint density at radius 1 is 0.810 bits per heavy atom. The molecule has 218 valence electrons. The highest BCUT2D eigenvalue weighted by molar-refractivity contribution is 9.10. The monoisotopic (exact) mass is 650 g/mol. The van der Waals surface area contributed by atoms with Gasteiger partial charge in [0.2, 0.25) is 10.0 Å². The molecule has 0 aromatic heterocycles. The summed E-state index contributed by atoms with van der Waals surface area (Å²) in [4.78, 5) is 26.3. The number of nitrogens with one attached hydrogen (secondary N) is 2. The second-order valence-corrected chi connectivity index (χ2v) is 12.1.